The molecule has 2 aliphatic rings. The lowest BCUT2D eigenvalue weighted by molar-refractivity contribution is -0.127. The molecule has 1 fully saturated rings. The zero-order valence-corrected chi connectivity index (χ0v) is 16.8. The van der Waals surface area contributed by atoms with Crippen LogP contribution in [0.4, 0.5) is 0 Å². The molecule has 6 heteroatoms. The summed E-state index contributed by atoms with van der Waals surface area (Å²) in [4.78, 5) is 23.2. The second-order valence-corrected chi connectivity index (χ2v) is 7.98. The summed E-state index contributed by atoms with van der Waals surface area (Å²) in [7, 11) is 1.67. The number of nitrogens with one attached hydrogen (secondary N) is 2. The van der Waals surface area contributed by atoms with Gasteiger partial charge in [0.2, 0.25) is 5.91 Å². The number of carbonyl (C=O) groups excluding carboxylic acids is 1. The number of aromatic amines is 1. The molecule has 1 aromatic heterocycles. The number of H-pyrrole nitrogens is 1. The molecular formula is C22H30N4O2. The minimum Gasteiger partial charge on any atom is -0.497 e. The fourth-order valence-electron chi connectivity index (χ4n) is 4.29. The Kier molecular flexibility index (Phi) is 5.67. The van der Waals surface area contributed by atoms with Gasteiger partial charge in [0.05, 0.1) is 24.5 Å². The van der Waals surface area contributed by atoms with E-state index in [0.717, 1.165) is 60.9 Å². The van der Waals surface area contributed by atoms with E-state index in [1.54, 1.807) is 7.11 Å². The SMILES string of the molecule is COc1cccc(-c2nc3c([nH]2)CN([C@H](C)C(=O)NC2CCCCC2)CC3)c1. The predicted octanol–water partition coefficient (Wildman–Crippen LogP) is 3.28. The lowest BCUT2D eigenvalue weighted by Crippen LogP contribution is -2.49. The van der Waals surface area contributed by atoms with Crippen LogP contribution in [0.2, 0.25) is 0 Å². The summed E-state index contributed by atoms with van der Waals surface area (Å²) in [6.07, 6.45) is 6.85. The molecule has 1 saturated carbocycles. The Balaban J connectivity index is 1.42. The van der Waals surface area contributed by atoms with E-state index in [1.165, 1.54) is 19.3 Å². The third-order valence-corrected chi connectivity index (χ3v) is 6.08. The van der Waals surface area contributed by atoms with E-state index in [4.69, 9.17) is 9.72 Å². The number of amides is 1. The fourth-order valence-corrected chi connectivity index (χ4v) is 4.29. The molecule has 1 amide bonds. The maximum Gasteiger partial charge on any atom is 0.237 e. The third kappa shape index (κ3) is 4.07. The first kappa shape index (κ1) is 19.0. The molecule has 150 valence electrons. The number of hydrogen-bond acceptors (Lipinski definition) is 4. The van der Waals surface area contributed by atoms with Gasteiger partial charge < -0.3 is 15.0 Å². The Morgan fingerprint density at radius 1 is 1.32 bits per heavy atom. The molecule has 1 aliphatic carbocycles. The Bertz CT molecular complexity index is 826. The second-order valence-electron chi connectivity index (χ2n) is 7.98. The van der Waals surface area contributed by atoms with Crippen molar-refractivity contribution >= 4 is 5.91 Å². The van der Waals surface area contributed by atoms with Crippen LogP contribution in [0.25, 0.3) is 11.4 Å². The predicted molar refractivity (Wildman–Crippen MR) is 109 cm³/mol. The van der Waals surface area contributed by atoms with E-state index in [0.29, 0.717) is 6.04 Å². The maximum atomic E-state index is 12.7. The first-order chi connectivity index (χ1) is 13.6. The van der Waals surface area contributed by atoms with E-state index in [-0.39, 0.29) is 11.9 Å². The van der Waals surface area contributed by atoms with Crippen molar-refractivity contribution in [2.45, 2.75) is 64.1 Å². The summed E-state index contributed by atoms with van der Waals surface area (Å²) in [6, 6.07) is 8.16. The van der Waals surface area contributed by atoms with Crippen LogP contribution >= 0.6 is 0 Å². The summed E-state index contributed by atoms with van der Waals surface area (Å²) in [5, 5.41) is 3.26. The van der Waals surface area contributed by atoms with Crippen molar-refractivity contribution in [2.75, 3.05) is 13.7 Å². The van der Waals surface area contributed by atoms with Gasteiger partial charge in [-0.15, -0.1) is 0 Å². The molecular weight excluding hydrogens is 352 g/mol. The van der Waals surface area contributed by atoms with E-state index >= 15 is 0 Å². The van der Waals surface area contributed by atoms with Crippen molar-refractivity contribution in [3.63, 3.8) is 0 Å². The number of benzene rings is 1. The number of methoxy groups -OCH3 is 1. The highest BCUT2D eigenvalue weighted by Crippen LogP contribution is 2.26. The van der Waals surface area contributed by atoms with Gasteiger partial charge in [0.15, 0.2) is 0 Å². The number of aromatic nitrogens is 2. The summed E-state index contributed by atoms with van der Waals surface area (Å²) < 4.78 is 5.32. The average molecular weight is 383 g/mol. The van der Waals surface area contributed by atoms with Crippen LogP contribution in [-0.4, -0.2) is 46.5 Å². The minimum atomic E-state index is -0.126. The van der Waals surface area contributed by atoms with E-state index in [9.17, 15) is 4.79 Å². The fraction of sp³-hybridized carbons (Fsp3) is 0.545. The topological polar surface area (TPSA) is 70.2 Å². The van der Waals surface area contributed by atoms with Crippen molar-refractivity contribution in [3.8, 4) is 17.1 Å². The summed E-state index contributed by atoms with van der Waals surface area (Å²) in [6.45, 7) is 3.60. The van der Waals surface area contributed by atoms with Crippen molar-refractivity contribution in [2.24, 2.45) is 0 Å². The number of rotatable bonds is 5. The van der Waals surface area contributed by atoms with Crippen molar-refractivity contribution < 1.29 is 9.53 Å². The average Bonchev–Trinajstić information content (AvgIpc) is 3.17. The van der Waals surface area contributed by atoms with Crippen LogP contribution in [0.5, 0.6) is 5.75 Å². The molecule has 4 rings (SSSR count). The highest BCUT2D eigenvalue weighted by molar-refractivity contribution is 5.81. The zero-order chi connectivity index (χ0) is 19.5. The summed E-state index contributed by atoms with van der Waals surface area (Å²) in [5.74, 6) is 1.84. The van der Waals surface area contributed by atoms with Gasteiger partial charge in [0.1, 0.15) is 11.6 Å². The number of fused-ring (bicyclic) bond motifs is 1. The van der Waals surface area contributed by atoms with Gasteiger partial charge in [-0.25, -0.2) is 4.98 Å². The maximum absolute atomic E-state index is 12.7. The first-order valence-corrected chi connectivity index (χ1v) is 10.4. The van der Waals surface area contributed by atoms with Gasteiger partial charge in [0, 0.05) is 31.1 Å². The highest BCUT2D eigenvalue weighted by atomic mass is 16.5. The van der Waals surface area contributed by atoms with Crippen molar-refractivity contribution in [3.05, 3.63) is 35.7 Å². The van der Waals surface area contributed by atoms with Gasteiger partial charge >= 0.3 is 0 Å². The molecule has 6 nitrogen and oxygen atoms in total. The molecule has 28 heavy (non-hydrogen) atoms. The smallest absolute Gasteiger partial charge is 0.237 e. The van der Waals surface area contributed by atoms with Crippen LogP contribution in [0.15, 0.2) is 24.3 Å². The Labute approximate surface area is 166 Å². The Morgan fingerprint density at radius 3 is 2.93 bits per heavy atom. The van der Waals surface area contributed by atoms with Crippen LogP contribution in [-0.2, 0) is 17.8 Å². The van der Waals surface area contributed by atoms with Gasteiger partial charge in [-0.1, -0.05) is 31.4 Å². The first-order valence-electron chi connectivity index (χ1n) is 10.4. The normalized spacial score (nSPS) is 19.1. The third-order valence-electron chi connectivity index (χ3n) is 6.08. The zero-order valence-electron chi connectivity index (χ0n) is 16.8. The van der Waals surface area contributed by atoms with Crippen LogP contribution in [0.3, 0.4) is 0 Å². The molecule has 0 radical (unpaired) electrons. The van der Waals surface area contributed by atoms with E-state index in [1.807, 2.05) is 31.2 Å². The van der Waals surface area contributed by atoms with Crippen LogP contribution in [0.1, 0.15) is 50.4 Å². The monoisotopic (exact) mass is 382 g/mol. The van der Waals surface area contributed by atoms with Gasteiger partial charge in [-0.3, -0.25) is 9.69 Å². The summed E-state index contributed by atoms with van der Waals surface area (Å²) in [5.41, 5.74) is 3.23. The number of imidazole rings is 1. The molecule has 0 spiro atoms. The molecule has 1 atom stereocenters. The number of hydrogen-bond donors (Lipinski definition) is 2. The highest BCUT2D eigenvalue weighted by Gasteiger charge is 2.29. The van der Waals surface area contributed by atoms with Gasteiger partial charge in [-0.2, -0.15) is 0 Å². The lowest BCUT2D eigenvalue weighted by atomic mass is 9.95. The lowest BCUT2D eigenvalue weighted by Gasteiger charge is -2.32. The second kappa shape index (κ2) is 8.35. The molecule has 2 aromatic rings. The van der Waals surface area contributed by atoms with Crippen molar-refractivity contribution in [1.82, 2.24) is 20.2 Å². The molecule has 0 unspecified atom stereocenters. The van der Waals surface area contributed by atoms with Gasteiger partial charge in [-0.05, 0) is 31.9 Å². The molecule has 0 saturated heterocycles. The number of ether oxygens (including phenoxy) is 1. The largest absolute Gasteiger partial charge is 0.497 e. The molecule has 0 bridgehead atoms. The van der Waals surface area contributed by atoms with E-state index in [2.05, 4.69) is 15.2 Å². The Hall–Kier alpha value is -2.34. The van der Waals surface area contributed by atoms with Crippen molar-refractivity contribution in [1.29, 1.82) is 0 Å². The number of nitrogens with zero attached hydrogens (tertiary/aromatic N) is 2. The van der Waals surface area contributed by atoms with Gasteiger partial charge in [0.25, 0.3) is 0 Å². The number of carbonyl (C=O) groups is 1. The van der Waals surface area contributed by atoms with Crippen LogP contribution in [0, 0.1) is 0 Å². The molecule has 2 heterocycles. The molecule has 2 N–H and O–H groups in total. The summed E-state index contributed by atoms with van der Waals surface area (Å²) >= 11 is 0. The Morgan fingerprint density at radius 2 is 2.14 bits per heavy atom. The van der Waals surface area contributed by atoms with Crippen LogP contribution < -0.4 is 10.1 Å². The molecule has 1 aliphatic heterocycles. The minimum absolute atomic E-state index is 0.126. The standard InChI is InChI=1S/C22H30N4O2/c1-15(22(27)23-17-8-4-3-5-9-17)26-12-11-19-20(14-26)25-21(24-19)16-7-6-10-18(13-16)28-2/h6-7,10,13,15,17H,3-5,8-9,11-12,14H2,1-2H3,(H,23,27)(H,24,25)/t15-/m1/s1. The van der Waals surface area contributed by atoms with E-state index < -0.39 is 0 Å². The molecule has 1 aromatic carbocycles. The quantitative estimate of drug-likeness (QED) is 0.833.